The normalized spacial score (nSPS) is 20.6. The third-order valence-corrected chi connectivity index (χ3v) is 8.02. The Morgan fingerprint density at radius 2 is 1.62 bits per heavy atom. The van der Waals surface area contributed by atoms with E-state index >= 15 is 4.39 Å². The summed E-state index contributed by atoms with van der Waals surface area (Å²) in [6.07, 6.45) is -2.10. The maximum absolute atomic E-state index is 16.7. The molecule has 1 fully saturated rings. The lowest BCUT2D eigenvalue weighted by molar-refractivity contribution is -0.137. The van der Waals surface area contributed by atoms with Gasteiger partial charge in [-0.1, -0.05) is 62.6 Å². The molecule has 0 aliphatic heterocycles. The molecule has 0 saturated heterocycles. The summed E-state index contributed by atoms with van der Waals surface area (Å²) in [7, 11) is 0. The quantitative estimate of drug-likeness (QED) is 0.340. The molecule has 7 heteroatoms. The predicted molar refractivity (Wildman–Crippen MR) is 137 cm³/mol. The van der Waals surface area contributed by atoms with Gasteiger partial charge in [0.15, 0.2) is 6.17 Å². The van der Waals surface area contributed by atoms with Crippen molar-refractivity contribution in [2.45, 2.75) is 76.7 Å². The second-order valence-corrected chi connectivity index (χ2v) is 11.6. The average molecular weight is 532 g/mol. The Labute approximate surface area is 219 Å². The van der Waals surface area contributed by atoms with E-state index in [-0.39, 0.29) is 16.9 Å². The van der Waals surface area contributed by atoms with Crippen molar-refractivity contribution in [2.75, 3.05) is 0 Å². The van der Waals surface area contributed by atoms with Crippen molar-refractivity contribution < 1.29 is 22.7 Å². The minimum atomic E-state index is -4.50. The number of halogens is 5. The molecule has 0 amide bonds. The highest BCUT2D eigenvalue weighted by molar-refractivity contribution is 6.30. The fourth-order valence-electron chi connectivity index (χ4n) is 6.03. The van der Waals surface area contributed by atoms with Crippen LogP contribution in [0.1, 0.15) is 97.8 Å². The minimum Gasteiger partial charge on any atom is -0.388 e. The van der Waals surface area contributed by atoms with E-state index in [4.69, 9.17) is 16.6 Å². The zero-order chi connectivity index (χ0) is 26.5. The highest BCUT2D eigenvalue weighted by atomic mass is 35.5. The lowest BCUT2D eigenvalue weighted by atomic mass is 9.71. The molecule has 2 atom stereocenters. The third-order valence-electron chi connectivity index (χ3n) is 7.76. The Kier molecular flexibility index (Phi) is 6.86. The fourth-order valence-corrected chi connectivity index (χ4v) is 6.16. The van der Waals surface area contributed by atoms with Gasteiger partial charge in [-0.05, 0) is 72.1 Å². The minimum absolute atomic E-state index is 0.0567. The average Bonchev–Trinajstić information content (AvgIpc) is 3.37. The van der Waals surface area contributed by atoms with Gasteiger partial charge in [-0.25, -0.2) is 4.39 Å². The Hall–Kier alpha value is -2.44. The van der Waals surface area contributed by atoms with E-state index in [2.05, 4.69) is 13.8 Å². The summed E-state index contributed by atoms with van der Waals surface area (Å²) in [6, 6.07) is 11.3. The molecule has 2 aromatic carbocycles. The van der Waals surface area contributed by atoms with E-state index in [1.807, 2.05) is 12.1 Å². The van der Waals surface area contributed by atoms with Crippen LogP contribution in [0.3, 0.4) is 0 Å². The van der Waals surface area contributed by atoms with Crippen LogP contribution in [0.15, 0.2) is 48.5 Å². The van der Waals surface area contributed by atoms with Gasteiger partial charge in [0.05, 0.1) is 17.4 Å². The Balaban J connectivity index is 1.77. The molecule has 2 aliphatic rings. The van der Waals surface area contributed by atoms with Crippen molar-refractivity contribution >= 4 is 11.6 Å². The number of aliphatic hydroxyl groups is 1. The third kappa shape index (κ3) is 5.15. The first-order chi connectivity index (χ1) is 17.4. The smallest absolute Gasteiger partial charge is 0.388 e. The number of rotatable bonds is 4. The van der Waals surface area contributed by atoms with E-state index in [0.717, 1.165) is 43.5 Å². The van der Waals surface area contributed by atoms with Gasteiger partial charge in [0.1, 0.15) is 0 Å². The molecule has 2 nitrogen and oxygen atoms in total. The molecule has 3 aromatic rings. The van der Waals surface area contributed by atoms with Gasteiger partial charge in [0.25, 0.3) is 0 Å². The second kappa shape index (κ2) is 9.70. The summed E-state index contributed by atoms with van der Waals surface area (Å²) in [5.74, 6) is 0.0567. The summed E-state index contributed by atoms with van der Waals surface area (Å²) >= 11 is 6.17. The van der Waals surface area contributed by atoms with Gasteiger partial charge < -0.3 is 5.11 Å². The zero-order valence-electron chi connectivity index (χ0n) is 20.9. The van der Waals surface area contributed by atoms with Gasteiger partial charge in [0.2, 0.25) is 0 Å². The Bertz CT molecular complexity index is 1280. The highest BCUT2D eigenvalue weighted by Crippen LogP contribution is 2.51. The summed E-state index contributed by atoms with van der Waals surface area (Å²) < 4.78 is 56.2. The largest absolute Gasteiger partial charge is 0.416 e. The van der Waals surface area contributed by atoms with Crippen LogP contribution >= 0.6 is 11.6 Å². The summed E-state index contributed by atoms with van der Waals surface area (Å²) in [4.78, 5) is 5.04. The van der Waals surface area contributed by atoms with Gasteiger partial charge in [0, 0.05) is 27.8 Å². The number of fused-ring (bicyclic) bond motifs is 1. The van der Waals surface area contributed by atoms with Crippen LogP contribution in [0.5, 0.6) is 0 Å². The van der Waals surface area contributed by atoms with E-state index in [0.29, 0.717) is 45.8 Å². The van der Waals surface area contributed by atoms with Gasteiger partial charge in [-0.15, -0.1) is 0 Å². The first kappa shape index (κ1) is 26.2. The summed E-state index contributed by atoms with van der Waals surface area (Å²) in [5.41, 5.74) is 2.86. The van der Waals surface area contributed by atoms with E-state index in [9.17, 15) is 18.3 Å². The van der Waals surface area contributed by atoms with Crippen molar-refractivity contribution in [3.63, 3.8) is 0 Å². The number of hydrogen-bond donors (Lipinski definition) is 1. The Morgan fingerprint density at radius 1 is 1.00 bits per heavy atom. The highest BCUT2D eigenvalue weighted by Gasteiger charge is 2.39. The topological polar surface area (TPSA) is 33.1 Å². The van der Waals surface area contributed by atoms with Gasteiger partial charge in [-0.3, -0.25) is 4.98 Å². The van der Waals surface area contributed by atoms with Crippen LogP contribution in [0.25, 0.3) is 11.1 Å². The molecular weight excluding hydrogens is 502 g/mol. The molecular formula is C30H30ClF4NO. The van der Waals surface area contributed by atoms with Crippen LogP contribution in [0.2, 0.25) is 5.02 Å². The van der Waals surface area contributed by atoms with E-state index in [1.54, 1.807) is 12.1 Å². The van der Waals surface area contributed by atoms with Crippen molar-refractivity contribution in [3.05, 3.63) is 87.2 Å². The van der Waals surface area contributed by atoms with E-state index < -0.39 is 24.0 Å². The number of nitrogens with zero attached hydrogens (tertiary/aromatic N) is 1. The van der Waals surface area contributed by atoms with Crippen molar-refractivity contribution in [1.29, 1.82) is 0 Å². The molecule has 2 aliphatic carbocycles. The fraction of sp³-hybridized carbons (Fsp3) is 0.433. The maximum atomic E-state index is 16.7. The molecule has 37 heavy (non-hydrogen) atoms. The number of pyridine rings is 1. The SMILES string of the molecule is CC1(C)Cc2nc(C3CCCC3)c([C@@H](F)c3ccc(C(F)(F)F)cc3)c(-c3ccc(Cl)cc3)c2[C@@H](O)C1. The Morgan fingerprint density at radius 3 is 2.22 bits per heavy atom. The lowest BCUT2D eigenvalue weighted by Gasteiger charge is -2.37. The van der Waals surface area contributed by atoms with Crippen molar-refractivity contribution in [3.8, 4) is 11.1 Å². The molecule has 196 valence electrons. The first-order valence-corrected chi connectivity index (χ1v) is 13.1. The maximum Gasteiger partial charge on any atom is 0.416 e. The van der Waals surface area contributed by atoms with Gasteiger partial charge >= 0.3 is 6.18 Å². The number of hydrogen-bond acceptors (Lipinski definition) is 2. The number of aromatic nitrogens is 1. The molecule has 1 N–H and O–H groups in total. The zero-order valence-corrected chi connectivity index (χ0v) is 21.6. The molecule has 5 rings (SSSR count). The standard InChI is InChI=1S/C30H30ClF4NO/c1-29(2)15-22-25(23(37)16-29)24(17-9-13-21(31)14-10-17)26(28(36-22)19-5-3-4-6-19)27(32)18-7-11-20(12-8-18)30(33,34)35/h7-14,19,23,27,37H,3-6,15-16H2,1-2H3/t23-,27-/m0/s1. The monoisotopic (exact) mass is 531 g/mol. The number of benzene rings is 2. The van der Waals surface area contributed by atoms with Crippen molar-refractivity contribution in [1.82, 2.24) is 4.98 Å². The molecule has 0 radical (unpaired) electrons. The number of aliphatic hydroxyl groups excluding tert-OH is 1. The summed E-state index contributed by atoms with van der Waals surface area (Å²) in [6.45, 7) is 4.18. The van der Waals surface area contributed by atoms with Crippen LogP contribution < -0.4 is 0 Å². The molecule has 0 unspecified atom stereocenters. The van der Waals surface area contributed by atoms with Crippen LogP contribution in [-0.4, -0.2) is 10.1 Å². The lowest BCUT2D eigenvalue weighted by Crippen LogP contribution is -2.29. The van der Waals surface area contributed by atoms with Crippen molar-refractivity contribution in [2.24, 2.45) is 5.41 Å². The molecule has 0 spiro atoms. The van der Waals surface area contributed by atoms with Crippen LogP contribution in [0, 0.1) is 5.41 Å². The second-order valence-electron chi connectivity index (χ2n) is 11.2. The first-order valence-electron chi connectivity index (χ1n) is 12.8. The molecule has 1 saturated carbocycles. The van der Waals surface area contributed by atoms with Gasteiger partial charge in [-0.2, -0.15) is 13.2 Å². The molecule has 0 bridgehead atoms. The van der Waals surface area contributed by atoms with Crippen LogP contribution in [0.4, 0.5) is 17.6 Å². The van der Waals surface area contributed by atoms with Crippen LogP contribution in [-0.2, 0) is 12.6 Å². The molecule has 1 aromatic heterocycles. The number of alkyl halides is 4. The molecule has 1 heterocycles. The summed E-state index contributed by atoms with van der Waals surface area (Å²) in [5, 5.41) is 11.9. The van der Waals surface area contributed by atoms with E-state index in [1.165, 1.54) is 12.1 Å². The predicted octanol–water partition coefficient (Wildman–Crippen LogP) is 9.14.